The molecule has 5 rings (SSSR count). The Balaban J connectivity index is 1.44. The van der Waals surface area contributed by atoms with E-state index in [1.54, 1.807) is 24.7 Å². The van der Waals surface area contributed by atoms with Crippen LogP contribution < -0.4 is 0 Å². The van der Waals surface area contributed by atoms with Crippen molar-refractivity contribution in [2.45, 2.75) is 52.1 Å². The quantitative estimate of drug-likeness (QED) is 0.586. The van der Waals surface area contributed by atoms with Gasteiger partial charge in [0.15, 0.2) is 5.82 Å². The van der Waals surface area contributed by atoms with Gasteiger partial charge in [-0.15, -0.1) is 10.2 Å². The molecule has 0 spiro atoms. The molecular weight excluding hydrogens is 391 g/mol. The van der Waals surface area contributed by atoms with Gasteiger partial charge in [0.05, 0.1) is 11.8 Å². The van der Waals surface area contributed by atoms with Gasteiger partial charge in [-0.1, -0.05) is 26.8 Å². The molecule has 2 saturated carbocycles. The Hall–Kier alpha value is -2.89. The van der Waals surface area contributed by atoms with Crippen molar-refractivity contribution >= 4 is 16.3 Å². The van der Waals surface area contributed by atoms with Crippen molar-refractivity contribution < 1.29 is 9.50 Å². The van der Waals surface area contributed by atoms with Crippen molar-refractivity contribution in [2.24, 2.45) is 16.7 Å². The second kappa shape index (κ2) is 7.08. The molecule has 5 nitrogen and oxygen atoms in total. The maximum atomic E-state index is 15.6. The van der Waals surface area contributed by atoms with Crippen LogP contribution in [0.4, 0.5) is 4.39 Å². The molecule has 160 valence electrons. The van der Waals surface area contributed by atoms with Crippen LogP contribution in [-0.4, -0.2) is 31.4 Å². The minimum absolute atomic E-state index is 0.0682. The molecule has 0 saturated heterocycles. The van der Waals surface area contributed by atoms with E-state index in [1.807, 2.05) is 12.1 Å². The molecule has 2 aliphatic carbocycles. The van der Waals surface area contributed by atoms with Crippen molar-refractivity contribution in [1.29, 1.82) is 0 Å². The monoisotopic (exact) mass is 418 g/mol. The highest BCUT2D eigenvalue weighted by Gasteiger charge is 2.53. The summed E-state index contributed by atoms with van der Waals surface area (Å²) < 4.78 is 15.6. The molecule has 3 aromatic rings. The fourth-order valence-electron chi connectivity index (χ4n) is 5.94. The molecule has 2 fully saturated rings. The first-order valence-electron chi connectivity index (χ1n) is 10.9. The zero-order valence-electron chi connectivity index (χ0n) is 18.0. The largest absolute Gasteiger partial charge is 0.507 e. The third-order valence-electron chi connectivity index (χ3n) is 7.42. The topological polar surface area (TPSA) is 71.8 Å². The minimum atomic E-state index is -0.937. The molecule has 0 amide bonds. The Kier molecular flexibility index (Phi) is 4.57. The van der Waals surface area contributed by atoms with Crippen LogP contribution >= 0.6 is 0 Å². The van der Waals surface area contributed by atoms with Gasteiger partial charge in [0, 0.05) is 23.7 Å². The van der Waals surface area contributed by atoms with E-state index in [4.69, 9.17) is 0 Å². The number of pyridine rings is 1. The number of alkyl halides is 1. The van der Waals surface area contributed by atoms with E-state index in [1.165, 1.54) is 0 Å². The number of nitrogens with zero attached hydrogens (tertiary/aromatic N) is 4. The van der Waals surface area contributed by atoms with Crippen LogP contribution in [-0.2, 0) is 0 Å². The second-order valence-corrected chi connectivity index (χ2v) is 9.99. The summed E-state index contributed by atoms with van der Waals surface area (Å²) in [5.74, 6) is 0.121. The van der Waals surface area contributed by atoms with E-state index in [-0.39, 0.29) is 22.5 Å². The Morgan fingerprint density at radius 2 is 2.00 bits per heavy atom. The van der Waals surface area contributed by atoms with Gasteiger partial charge in [0.2, 0.25) is 0 Å². The number of phenols is 1. The molecule has 2 aliphatic rings. The van der Waals surface area contributed by atoms with E-state index in [0.29, 0.717) is 22.7 Å². The number of aromatic nitrogens is 4. The molecular formula is C25H27FN4O. The summed E-state index contributed by atoms with van der Waals surface area (Å²) in [6, 6.07) is 5.33. The Labute approximate surface area is 181 Å². The smallest absolute Gasteiger partial charge is 0.185 e. The van der Waals surface area contributed by atoms with Crippen molar-refractivity contribution in [2.75, 3.05) is 0 Å². The van der Waals surface area contributed by atoms with Gasteiger partial charge in [0.1, 0.15) is 17.6 Å². The van der Waals surface area contributed by atoms with Crippen LogP contribution in [0.15, 0.2) is 43.4 Å². The average Bonchev–Trinajstić information content (AvgIpc) is 2.75. The molecule has 0 aliphatic heterocycles. The van der Waals surface area contributed by atoms with E-state index < -0.39 is 6.17 Å². The van der Waals surface area contributed by atoms with Crippen molar-refractivity contribution in [3.8, 4) is 17.1 Å². The zero-order chi connectivity index (χ0) is 21.8. The molecule has 31 heavy (non-hydrogen) atoms. The molecule has 6 heteroatoms. The molecule has 0 radical (unpaired) electrons. The van der Waals surface area contributed by atoms with Crippen molar-refractivity contribution in [3.05, 3.63) is 49.1 Å². The average molecular weight is 419 g/mol. The Bertz CT molecular complexity index is 1160. The molecule has 4 atom stereocenters. The standard InChI is InChI=1S/C25H27FN4O/c1-15(19-11-24(2)6-4-7-25(3,14-24)22(19)26)20-13-28-23(30-29-20)18-9-16-5-8-27-12-17(16)10-21(18)31/h5,8-10,12-13,19,22,31H,1,4,6-7,11,14H2,2-3H3/t19-,22-,24+,25+/m0/s1. The lowest BCUT2D eigenvalue weighted by Gasteiger charge is -2.54. The first-order valence-corrected chi connectivity index (χ1v) is 10.9. The first kappa shape index (κ1) is 20.0. The second-order valence-electron chi connectivity index (χ2n) is 9.99. The minimum Gasteiger partial charge on any atom is -0.507 e. The third kappa shape index (κ3) is 3.38. The molecule has 2 bridgehead atoms. The number of benzene rings is 1. The Morgan fingerprint density at radius 3 is 2.77 bits per heavy atom. The van der Waals surface area contributed by atoms with Gasteiger partial charge in [-0.2, -0.15) is 0 Å². The number of aromatic hydroxyl groups is 1. The predicted octanol–water partition coefficient (Wildman–Crippen LogP) is 5.75. The zero-order valence-corrected chi connectivity index (χ0v) is 18.0. The number of halogens is 1. The van der Waals surface area contributed by atoms with Gasteiger partial charge >= 0.3 is 0 Å². The fourth-order valence-corrected chi connectivity index (χ4v) is 5.94. The van der Waals surface area contributed by atoms with E-state index in [0.717, 1.165) is 42.9 Å². The first-order chi connectivity index (χ1) is 14.8. The van der Waals surface area contributed by atoms with Crippen LogP contribution in [0.2, 0.25) is 0 Å². The Morgan fingerprint density at radius 1 is 1.16 bits per heavy atom. The normalized spacial score (nSPS) is 30.3. The summed E-state index contributed by atoms with van der Waals surface area (Å²) in [6.07, 6.45) is 8.92. The number of rotatable bonds is 3. The summed E-state index contributed by atoms with van der Waals surface area (Å²) >= 11 is 0. The van der Waals surface area contributed by atoms with E-state index >= 15 is 4.39 Å². The maximum absolute atomic E-state index is 15.6. The van der Waals surface area contributed by atoms with Crippen LogP contribution in [0.1, 0.15) is 51.6 Å². The van der Waals surface area contributed by atoms with Gasteiger partial charge in [0.25, 0.3) is 0 Å². The summed E-state index contributed by atoms with van der Waals surface area (Å²) in [6.45, 7) is 8.57. The third-order valence-corrected chi connectivity index (χ3v) is 7.42. The van der Waals surface area contributed by atoms with Crippen molar-refractivity contribution in [3.63, 3.8) is 0 Å². The van der Waals surface area contributed by atoms with Gasteiger partial charge in [-0.05, 0) is 65.7 Å². The lowest BCUT2D eigenvalue weighted by atomic mass is 9.52. The number of hydrogen-bond donors (Lipinski definition) is 1. The molecule has 2 aromatic heterocycles. The lowest BCUT2D eigenvalue weighted by Crippen LogP contribution is -2.49. The number of phenolic OH excluding ortho intramolecular Hbond substituents is 1. The highest BCUT2D eigenvalue weighted by atomic mass is 19.1. The van der Waals surface area contributed by atoms with Gasteiger partial charge < -0.3 is 5.11 Å². The fraction of sp³-hybridized carbons (Fsp3) is 0.440. The molecule has 2 heterocycles. The summed E-state index contributed by atoms with van der Waals surface area (Å²) in [5.41, 5.74) is 1.54. The number of hydrogen-bond acceptors (Lipinski definition) is 5. The summed E-state index contributed by atoms with van der Waals surface area (Å²) in [5, 5.41) is 20.8. The lowest BCUT2D eigenvalue weighted by molar-refractivity contribution is -0.0620. The van der Waals surface area contributed by atoms with Crippen LogP contribution in [0.3, 0.4) is 0 Å². The molecule has 1 aromatic carbocycles. The molecule has 1 N–H and O–H groups in total. The van der Waals surface area contributed by atoms with Crippen LogP contribution in [0.25, 0.3) is 27.7 Å². The number of fused-ring (bicyclic) bond motifs is 3. The van der Waals surface area contributed by atoms with Crippen molar-refractivity contribution in [1.82, 2.24) is 20.2 Å². The highest BCUT2D eigenvalue weighted by molar-refractivity contribution is 5.88. The van der Waals surface area contributed by atoms with Gasteiger partial charge in [-0.3, -0.25) is 4.98 Å². The molecule has 0 unspecified atom stereocenters. The highest BCUT2D eigenvalue weighted by Crippen LogP contribution is 2.59. The summed E-state index contributed by atoms with van der Waals surface area (Å²) in [4.78, 5) is 8.51. The van der Waals surface area contributed by atoms with Gasteiger partial charge in [-0.25, -0.2) is 9.37 Å². The van der Waals surface area contributed by atoms with E-state index in [2.05, 4.69) is 40.6 Å². The van der Waals surface area contributed by atoms with E-state index in [9.17, 15) is 5.11 Å². The SMILES string of the molecule is C=C(c1cnc(-c2cc3ccncc3cc2O)nn1)[C@@H]1C[C@@]2(C)CCC[C@](C)(C2)[C@H]1F. The number of allylic oxidation sites excluding steroid dienone is 1. The predicted molar refractivity (Wildman–Crippen MR) is 119 cm³/mol. The van der Waals surface area contributed by atoms with Crippen LogP contribution in [0.5, 0.6) is 5.75 Å². The summed E-state index contributed by atoms with van der Waals surface area (Å²) in [7, 11) is 0. The van der Waals surface area contributed by atoms with Crippen LogP contribution in [0, 0.1) is 16.7 Å². The maximum Gasteiger partial charge on any atom is 0.185 e.